The number of hydrogen-bond acceptors (Lipinski definition) is 2. The first-order valence-electron chi connectivity index (χ1n) is 5.54. The van der Waals surface area contributed by atoms with E-state index in [-0.39, 0.29) is 11.9 Å². The van der Waals surface area contributed by atoms with E-state index >= 15 is 0 Å². The highest BCUT2D eigenvalue weighted by atomic mass is 79.9. The van der Waals surface area contributed by atoms with Crippen molar-refractivity contribution in [2.45, 2.75) is 39.7 Å². The molecule has 2 nitrogen and oxygen atoms in total. The third-order valence-corrected chi connectivity index (χ3v) is 3.89. The fourth-order valence-electron chi connectivity index (χ4n) is 1.39. The number of thiophene rings is 1. The second kappa shape index (κ2) is 6.40. The van der Waals surface area contributed by atoms with E-state index in [2.05, 4.69) is 42.0 Å². The van der Waals surface area contributed by atoms with E-state index < -0.39 is 0 Å². The van der Waals surface area contributed by atoms with Gasteiger partial charge >= 0.3 is 0 Å². The van der Waals surface area contributed by atoms with E-state index in [0.717, 1.165) is 22.2 Å². The molecular formula is C12H18BrNOS. The summed E-state index contributed by atoms with van der Waals surface area (Å²) in [6, 6.07) is 2.10. The summed E-state index contributed by atoms with van der Waals surface area (Å²) >= 11 is 4.89. The Bertz CT molecular complexity index is 349. The van der Waals surface area contributed by atoms with Crippen molar-refractivity contribution < 1.29 is 4.79 Å². The fraction of sp³-hybridized carbons (Fsp3) is 0.583. The topological polar surface area (TPSA) is 29.1 Å². The maximum Gasteiger partial charge on any atom is 0.252 e. The van der Waals surface area contributed by atoms with Crippen molar-refractivity contribution in [2.75, 3.05) is 0 Å². The molecule has 16 heavy (non-hydrogen) atoms. The largest absolute Gasteiger partial charge is 0.350 e. The van der Waals surface area contributed by atoms with Crippen LogP contribution in [0.4, 0.5) is 0 Å². The molecular weight excluding hydrogens is 286 g/mol. The average Bonchev–Trinajstić information content (AvgIpc) is 2.62. The summed E-state index contributed by atoms with van der Waals surface area (Å²) in [7, 11) is 0. The molecule has 1 aromatic heterocycles. The first-order valence-corrected chi connectivity index (χ1v) is 7.21. The maximum absolute atomic E-state index is 11.8. The molecule has 1 heterocycles. The molecule has 4 heteroatoms. The first-order chi connectivity index (χ1) is 7.49. The smallest absolute Gasteiger partial charge is 0.252 e. The van der Waals surface area contributed by atoms with E-state index in [0.29, 0.717) is 5.92 Å². The summed E-state index contributed by atoms with van der Waals surface area (Å²) in [6.45, 7) is 6.46. The number of nitrogens with one attached hydrogen (secondary N) is 1. The minimum absolute atomic E-state index is 0.0261. The monoisotopic (exact) mass is 303 g/mol. The van der Waals surface area contributed by atoms with Gasteiger partial charge in [0, 0.05) is 11.4 Å². The molecule has 1 atom stereocenters. The molecule has 1 unspecified atom stereocenters. The van der Waals surface area contributed by atoms with Crippen molar-refractivity contribution in [3.63, 3.8) is 0 Å². The van der Waals surface area contributed by atoms with Crippen LogP contribution in [0.3, 0.4) is 0 Å². The van der Waals surface area contributed by atoms with Gasteiger partial charge in [-0.15, -0.1) is 11.3 Å². The Kier molecular flexibility index (Phi) is 5.49. The molecule has 1 aromatic rings. The van der Waals surface area contributed by atoms with Crippen molar-refractivity contribution >= 4 is 33.2 Å². The molecule has 0 spiro atoms. The van der Waals surface area contributed by atoms with Crippen LogP contribution in [-0.2, 0) is 0 Å². The Hall–Kier alpha value is -0.350. The van der Waals surface area contributed by atoms with E-state index in [1.165, 1.54) is 11.3 Å². The molecule has 0 saturated carbocycles. The minimum atomic E-state index is 0.0261. The predicted octanol–water partition coefficient (Wildman–Crippen LogP) is 4.07. The number of carbonyl (C=O) groups is 1. The molecule has 1 rings (SSSR count). The van der Waals surface area contributed by atoms with Crippen LogP contribution in [0, 0.1) is 5.92 Å². The third kappa shape index (κ3) is 4.66. The lowest BCUT2D eigenvalue weighted by Crippen LogP contribution is -2.32. The summed E-state index contributed by atoms with van der Waals surface area (Å²) < 4.78 is 0.993. The van der Waals surface area contributed by atoms with Gasteiger partial charge in [-0.25, -0.2) is 0 Å². The zero-order chi connectivity index (χ0) is 12.1. The van der Waals surface area contributed by atoms with Gasteiger partial charge in [0.25, 0.3) is 5.91 Å². The van der Waals surface area contributed by atoms with Crippen LogP contribution in [0.25, 0.3) is 0 Å². The van der Waals surface area contributed by atoms with Crippen molar-refractivity contribution in [3.05, 3.63) is 20.8 Å². The summed E-state index contributed by atoms with van der Waals surface area (Å²) in [6.07, 6.45) is 2.18. The molecule has 0 saturated heterocycles. The van der Waals surface area contributed by atoms with Gasteiger partial charge < -0.3 is 5.32 Å². The second-order valence-electron chi connectivity index (χ2n) is 4.49. The number of hydrogen-bond donors (Lipinski definition) is 1. The van der Waals surface area contributed by atoms with E-state index in [4.69, 9.17) is 0 Å². The van der Waals surface area contributed by atoms with Gasteiger partial charge in [0.1, 0.15) is 0 Å². The van der Waals surface area contributed by atoms with Crippen LogP contribution in [0.1, 0.15) is 44.0 Å². The van der Waals surface area contributed by atoms with E-state index in [1.807, 2.05) is 11.4 Å². The van der Waals surface area contributed by atoms with Gasteiger partial charge in [0.2, 0.25) is 0 Å². The van der Waals surface area contributed by atoms with Crippen LogP contribution < -0.4 is 5.32 Å². The van der Waals surface area contributed by atoms with Crippen LogP contribution in [0.15, 0.2) is 15.2 Å². The summed E-state index contributed by atoms with van der Waals surface area (Å²) in [5.41, 5.74) is 0.744. The summed E-state index contributed by atoms with van der Waals surface area (Å²) in [4.78, 5) is 11.8. The van der Waals surface area contributed by atoms with Gasteiger partial charge in [-0.1, -0.05) is 13.8 Å². The highest BCUT2D eigenvalue weighted by molar-refractivity contribution is 9.11. The van der Waals surface area contributed by atoms with E-state index in [1.54, 1.807) is 0 Å². The third-order valence-electron chi connectivity index (χ3n) is 2.38. The summed E-state index contributed by atoms with van der Waals surface area (Å²) in [5.74, 6) is 0.716. The maximum atomic E-state index is 11.8. The Labute approximate surface area is 110 Å². The van der Waals surface area contributed by atoms with Gasteiger partial charge in [0.05, 0.1) is 9.35 Å². The molecule has 0 bridgehead atoms. The van der Waals surface area contributed by atoms with Gasteiger partial charge in [-0.2, -0.15) is 0 Å². The summed E-state index contributed by atoms with van der Waals surface area (Å²) in [5, 5.41) is 4.88. The van der Waals surface area contributed by atoms with Gasteiger partial charge in [-0.3, -0.25) is 4.79 Å². The zero-order valence-electron chi connectivity index (χ0n) is 9.92. The number of carbonyl (C=O) groups excluding carboxylic acids is 1. The number of amides is 1. The van der Waals surface area contributed by atoms with Gasteiger partial charge in [0.15, 0.2) is 0 Å². The highest BCUT2D eigenvalue weighted by Gasteiger charge is 2.11. The van der Waals surface area contributed by atoms with Crippen molar-refractivity contribution in [1.82, 2.24) is 5.32 Å². The minimum Gasteiger partial charge on any atom is -0.350 e. The van der Waals surface area contributed by atoms with Crippen LogP contribution in [0.2, 0.25) is 0 Å². The Morgan fingerprint density at radius 3 is 2.62 bits per heavy atom. The molecule has 0 aliphatic rings. The van der Waals surface area contributed by atoms with Crippen LogP contribution in [-0.4, -0.2) is 11.9 Å². The Morgan fingerprint density at radius 2 is 2.12 bits per heavy atom. The molecule has 0 radical (unpaired) electrons. The lowest BCUT2D eigenvalue weighted by atomic mass is 10.0. The van der Waals surface area contributed by atoms with Crippen molar-refractivity contribution in [2.24, 2.45) is 5.92 Å². The predicted molar refractivity (Wildman–Crippen MR) is 73.0 cm³/mol. The lowest BCUT2D eigenvalue weighted by Gasteiger charge is -2.14. The molecule has 0 aliphatic heterocycles. The normalized spacial score (nSPS) is 12.8. The molecule has 90 valence electrons. The fourth-order valence-corrected chi connectivity index (χ4v) is 2.53. The molecule has 0 aliphatic carbocycles. The first kappa shape index (κ1) is 13.7. The molecule has 1 N–H and O–H groups in total. The Morgan fingerprint density at radius 1 is 1.44 bits per heavy atom. The molecule has 0 fully saturated rings. The quantitative estimate of drug-likeness (QED) is 0.873. The number of rotatable bonds is 5. The zero-order valence-corrected chi connectivity index (χ0v) is 12.3. The van der Waals surface area contributed by atoms with Crippen LogP contribution in [0.5, 0.6) is 0 Å². The molecule has 1 amide bonds. The number of halogens is 1. The highest BCUT2D eigenvalue weighted by Crippen LogP contribution is 2.20. The van der Waals surface area contributed by atoms with Gasteiger partial charge in [-0.05, 0) is 47.7 Å². The van der Waals surface area contributed by atoms with Crippen molar-refractivity contribution in [3.8, 4) is 0 Å². The lowest BCUT2D eigenvalue weighted by molar-refractivity contribution is 0.0937. The SMILES string of the molecule is CC(C)CCC(C)NC(=O)c1csc(Br)c1. The van der Waals surface area contributed by atoms with Crippen LogP contribution >= 0.6 is 27.3 Å². The van der Waals surface area contributed by atoms with E-state index in [9.17, 15) is 4.79 Å². The standard InChI is InChI=1S/C12H18BrNOS/c1-8(2)4-5-9(3)14-12(15)10-6-11(13)16-7-10/h6-9H,4-5H2,1-3H3,(H,14,15). The average molecular weight is 304 g/mol. The second-order valence-corrected chi connectivity index (χ2v) is 6.78. The van der Waals surface area contributed by atoms with Crippen molar-refractivity contribution in [1.29, 1.82) is 0 Å². The molecule has 0 aromatic carbocycles. The Balaban J connectivity index is 2.39.